The van der Waals surface area contributed by atoms with Crippen LogP contribution in [0.15, 0.2) is 42.5 Å². The number of nitrogens with zero attached hydrogens (tertiary/aromatic N) is 3. The maximum absolute atomic E-state index is 13.4. The van der Waals surface area contributed by atoms with Crippen LogP contribution in [0.3, 0.4) is 0 Å². The third-order valence-corrected chi connectivity index (χ3v) is 6.05. The number of carbonyl (C=O) groups excluding carboxylic acids is 2. The van der Waals surface area contributed by atoms with Crippen molar-refractivity contribution in [1.82, 2.24) is 15.1 Å². The van der Waals surface area contributed by atoms with E-state index in [1.54, 1.807) is 12.1 Å². The van der Waals surface area contributed by atoms with Gasteiger partial charge >= 0.3 is 6.03 Å². The van der Waals surface area contributed by atoms with Gasteiger partial charge in [-0.15, -0.1) is 10.2 Å². The summed E-state index contributed by atoms with van der Waals surface area (Å²) in [5.41, 5.74) is 1.13. The van der Waals surface area contributed by atoms with Crippen LogP contribution >= 0.6 is 11.3 Å². The molecule has 1 atom stereocenters. The Hall–Kier alpha value is -3.73. The number of rotatable bonds is 4. The van der Waals surface area contributed by atoms with Gasteiger partial charge in [0.1, 0.15) is 16.9 Å². The predicted octanol–water partition coefficient (Wildman–Crippen LogP) is 3.71. The number of benzene rings is 2. The summed E-state index contributed by atoms with van der Waals surface area (Å²) in [6.07, 6.45) is 1.21. The number of urea groups is 1. The Balaban J connectivity index is 1.25. The summed E-state index contributed by atoms with van der Waals surface area (Å²) in [6, 6.07) is 9.96. The third-order valence-electron chi connectivity index (χ3n) is 5.17. The van der Waals surface area contributed by atoms with Crippen molar-refractivity contribution in [3.8, 4) is 22.1 Å². The molecule has 0 spiro atoms. The second-order valence-corrected chi connectivity index (χ2v) is 8.24. The Morgan fingerprint density at radius 1 is 1.09 bits per heavy atom. The number of hydrogen-bond donors (Lipinski definition) is 2. The maximum atomic E-state index is 13.4. The first-order chi connectivity index (χ1) is 15.6. The molecule has 2 aliphatic rings. The number of halogens is 1. The van der Waals surface area contributed by atoms with Crippen LogP contribution in [0.4, 0.5) is 20.0 Å². The molecule has 1 saturated heterocycles. The lowest BCUT2D eigenvalue weighted by Gasteiger charge is -2.23. The van der Waals surface area contributed by atoms with E-state index in [1.807, 2.05) is 12.1 Å². The highest BCUT2D eigenvalue weighted by atomic mass is 32.1. The zero-order valence-electron chi connectivity index (χ0n) is 16.7. The fraction of sp³-hybridized carbons (Fsp3) is 0.238. The Bertz CT molecular complexity index is 1190. The summed E-state index contributed by atoms with van der Waals surface area (Å²) >= 11 is 1.22. The second kappa shape index (κ2) is 8.42. The van der Waals surface area contributed by atoms with Crippen molar-refractivity contribution in [3.63, 3.8) is 0 Å². The van der Waals surface area contributed by atoms with E-state index in [2.05, 4.69) is 20.8 Å². The highest BCUT2D eigenvalue weighted by molar-refractivity contribution is 7.18. The van der Waals surface area contributed by atoms with E-state index in [1.165, 1.54) is 34.4 Å². The lowest BCUT2D eigenvalue weighted by Crippen LogP contribution is -2.45. The summed E-state index contributed by atoms with van der Waals surface area (Å²) < 4.78 is 24.1. The summed E-state index contributed by atoms with van der Waals surface area (Å²) in [7, 11) is 0. The third kappa shape index (κ3) is 4.06. The van der Waals surface area contributed by atoms with Crippen LogP contribution in [0.2, 0.25) is 0 Å². The number of carbonyl (C=O) groups is 2. The summed E-state index contributed by atoms with van der Waals surface area (Å²) in [5, 5.41) is 14.5. The minimum absolute atomic E-state index is 0.181. The Kier molecular flexibility index (Phi) is 5.31. The van der Waals surface area contributed by atoms with Crippen LogP contribution in [-0.2, 0) is 4.79 Å². The van der Waals surface area contributed by atoms with E-state index in [9.17, 15) is 14.0 Å². The van der Waals surface area contributed by atoms with Crippen LogP contribution in [0.1, 0.15) is 12.8 Å². The van der Waals surface area contributed by atoms with Crippen LogP contribution in [0.5, 0.6) is 11.5 Å². The zero-order chi connectivity index (χ0) is 22.1. The number of hydrogen-bond acceptors (Lipinski definition) is 7. The molecule has 3 aromatic rings. The monoisotopic (exact) mass is 455 g/mol. The Morgan fingerprint density at radius 2 is 1.97 bits per heavy atom. The van der Waals surface area contributed by atoms with E-state index in [-0.39, 0.29) is 12.7 Å². The van der Waals surface area contributed by atoms with Crippen molar-refractivity contribution >= 4 is 34.1 Å². The largest absolute Gasteiger partial charge is 0.454 e. The lowest BCUT2D eigenvalue weighted by atomic mass is 10.2. The molecule has 1 aromatic heterocycles. The molecular formula is C21H18FN5O4S. The minimum Gasteiger partial charge on any atom is -0.454 e. The average Bonchev–Trinajstić information content (AvgIpc) is 3.53. The van der Waals surface area contributed by atoms with Gasteiger partial charge in [0.2, 0.25) is 17.8 Å². The first-order valence-electron chi connectivity index (χ1n) is 9.94. The standard InChI is InChI=1S/C21H18FN5O4S/c22-13-3-1-4-14(10-13)23-21(29)27-8-2-5-15(27)18(28)24-20-26-25-19(32-20)12-6-7-16-17(9-12)31-11-30-16/h1,3-4,6-7,9-10,15H,2,5,8,11H2,(H,23,29)(H,24,26,28). The van der Waals surface area contributed by atoms with E-state index in [4.69, 9.17) is 9.47 Å². The molecule has 0 radical (unpaired) electrons. The van der Waals surface area contributed by atoms with Crippen molar-refractivity contribution in [2.24, 2.45) is 0 Å². The molecule has 2 aromatic carbocycles. The van der Waals surface area contributed by atoms with Gasteiger partial charge in [-0.2, -0.15) is 0 Å². The summed E-state index contributed by atoms with van der Waals surface area (Å²) in [5.74, 6) is 0.511. The number of fused-ring (bicyclic) bond motifs is 1. The highest BCUT2D eigenvalue weighted by Gasteiger charge is 2.34. The molecule has 3 amide bonds. The molecule has 164 valence electrons. The summed E-state index contributed by atoms with van der Waals surface area (Å²) in [4.78, 5) is 26.9. The van der Waals surface area contributed by atoms with Gasteiger partial charge in [0.15, 0.2) is 11.5 Å². The number of ether oxygens (including phenoxy) is 2. The number of amides is 3. The van der Waals surface area contributed by atoms with Crippen LogP contribution < -0.4 is 20.1 Å². The van der Waals surface area contributed by atoms with Gasteiger partial charge in [-0.25, -0.2) is 9.18 Å². The van der Waals surface area contributed by atoms with Gasteiger partial charge in [-0.05, 0) is 49.2 Å². The lowest BCUT2D eigenvalue weighted by molar-refractivity contribution is -0.119. The molecule has 0 aliphatic carbocycles. The molecule has 2 aliphatic heterocycles. The van der Waals surface area contributed by atoms with E-state index in [0.29, 0.717) is 46.7 Å². The van der Waals surface area contributed by atoms with Gasteiger partial charge in [0.25, 0.3) is 0 Å². The predicted molar refractivity (Wildman–Crippen MR) is 115 cm³/mol. The van der Waals surface area contributed by atoms with Crippen LogP contribution in [0.25, 0.3) is 10.6 Å². The van der Waals surface area contributed by atoms with Crippen LogP contribution in [0, 0.1) is 5.82 Å². The second-order valence-electron chi connectivity index (χ2n) is 7.26. The molecule has 1 unspecified atom stereocenters. The number of likely N-dealkylation sites (tertiary alicyclic amines) is 1. The van der Waals surface area contributed by atoms with Gasteiger partial charge in [-0.1, -0.05) is 17.4 Å². The fourth-order valence-corrected chi connectivity index (χ4v) is 4.40. The van der Waals surface area contributed by atoms with Crippen molar-refractivity contribution in [3.05, 3.63) is 48.3 Å². The molecule has 11 heteroatoms. The highest BCUT2D eigenvalue weighted by Crippen LogP contribution is 2.37. The van der Waals surface area contributed by atoms with Gasteiger partial charge in [0.05, 0.1) is 0 Å². The number of nitrogens with one attached hydrogen (secondary N) is 2. The molecule has 32 heavy (non-hydrogen) atoms. The van der Waals surface area contributed by atoms with Crippen molar-refractivity contribution < 1.29 is 23.5 Å². The molecule has 5 rings (SSSR count). The van der Waals surface area contributed by atoms with Gasteiger partial charge in [0, 0.05) is 17.8 Å². The Morgan fingerprint density at radius 3 is 2.84 bits per heavy atom. The minimum atomic E-state index is -0.651. The normalized spacial score (nSPS) is 16.8. The first kappa shape index (κ1) is 20.2. The summed E-state index contributed by atoms with van der Waals surface area (Å²) in [6.45, 7) is 0.610. The molecular weight excluding hydrogens is 437 g/mol. The average molecular weight is 455 g/mol. The van der Waals surface area contributed by atoms with Crippen molar-refractivity contribution in [2.45, 2.75) is 18.9 Å². The smallest absolute Gasteiger partial charge is 0.322 e. The SMILES string of the molecule is O=C(Nc1nnc(-c2ccc3c(c2)OCO3)s1)C1CCCN1C(=O)Nc1cccc(F)c1. The number of aromatic nitrogens is 2. The molecule has 2 N–H and O–H groups in total. The number of anilines is 2. The molecule has 0 bridgehead atoms. The first-order valence-corrected chi connectivity index (χ1v) is 10.8. The molecule has 0 saturated carbocycles. The Labute approximate surface area is 186 Å². The topological polar surface area (TPSA) is 106 Å². The quantitative estimate of drug-likeness (QED) is 0.621. The van der Waals surface area contributed by atoms with Gasteiger partial charge < -0.3 is 19.7 Å². The van der Waals surface area contributed by atoms with E-state index in [0.717, 1.165) is 5.56 Å². The van der Waals surface area contributed by atoms with Gasteiger partial charge in [-0.3, -0.25) is 10.1 Å². The van der Waals surface area contributed by atoms with Crippen molar-refractivity contribution in [2.75, 3.05) is 24.0 Å². The zero-order valence-corrected chi connectivity index (χ0v) is 17.5. The van der Waals surface area contributed by atoms with Crippen molar-refractivity contribution in [1.29, 1.82) is 0 Å². The van der Waals surface area contributed by atoms with E-state index < -0.39 is 17.9 Å². The molecule has 9 nitrogen and oxygen atoms in total. The maximum Gasteiger partial charge on any atom is 0.322 e. The van der Waals surface area contributed by atoms with Crippen LogP contribution in [-0.4, -0.2) is 46.4 Å². The molecule has 1 fully saturated rings. The molecule has 3 heterocycles. The fourth-order valence-electron chi connectivity index (χ4n) is 3.65. The van der Waals surface area contributed by atoms with E-state index >= 15 is 0 Å².